The number of carbonyl (C=O) groups excluding carboxylic acids is 4. The number of esters is 4. The first kappa shape index (κ1) is 31.0. The van der Waals surface area contributed by atoms with Crippen LogP contribution in [0.3, 0.4) is 0 Å². The molecule has 0 radical (unpaired) electrons. The minimum atomic E-state index is -4.14. The molecule has 0 aromatic heterocycles. The highest BCUT2D eigenvalue weighted by molar-refractivity contribution is 7.53. The van der Waals surface area contributed by atoms with Crippen LogP contribution in [0.15, 0.2) is 0 Å². The number of ether oxygens (including phenoxy) is 4. The largest absolute Gasteiger partial charge is 0.469 e. The summed E-state index contributed by atoms with van der Waals surface area (Å²) < 4.78 is 43.3. The normalized spacial score (nSPS) is 13.1. The van der Waals surface area contributed by atoms with Gasteiger partial charge in [0.05, 0.1) is 36.6 Å². The number of hydrogen-bond acceptors (Lipinski definition) is 11. The van der Waals surface area contributed by atoms with Gasteiger partial charge in [-0.2, -0.15) is 0 Å². The molecule has 33 heavy (non-hydrogen) atoms. The minimum Gasteiger partial charge on any atom is -0.469 e. The van der Waals surface area contributed by atoms with Gasteiger partial charge in [-0.1, -0.05) is 0 Å². The standard InChI is InChI=1S/C21H37O11P/c1-9-28-16(22)11-10-15(17(23)27-8)12-33(26,31-13-29-18(24)20(2,3)4)32-14-30-19(25)21(5,6)7/h15H,9-14H2,1-8H3. The van der Waals surface area contributed by atoms with Crippen molar-refractivity contribution < 1.29 is 51.7 Å². The van der Waals surface area contributed by atoms with Crippen LogP contribution in [0.2, 0.25) is 0 Å². The first-order valence-electron chi connectivity index (χ1n) is 10.5. The predicted octanol–water partition coefficient (Wildman–Crippen LogP) is 3.44. The molecular weight excluding hydrogens is 459 g/mol. The van der Waals surface area contributed by atoms with Gasteiger partial charge in [0.15, 0.2) is 0 Å². The molecule has 0 rings (SSSR count). The van der Waals surface area contributed by atoms with Gasteiger partial charge in [0, 0.05) is 6.42 Å². The lowest BCUT2D eigenvalue weighted by atomic mass is 9.98. The lowest BCUT2D eigenvalue weighted by Crippen LogP contribution is -2.26. The molecule has 1 atom stereocenters. The Bertz CT molecular complexity index is 683. The van der Waals surface area contributed by atoms with Gasteiger partial charge in [-0.15, -0.1) is 0 Å². The Hall–Kier alpha value is -1.97. The van der Waals surface area contributed by atoms with Gasteiger partial charge >= 0.3 is 31.5 Å². The molecule has 0 aliphatic carbocycles. The molecule has 12 heteroatoms. The molecular formula is C21H37O11P. The fourth-order valence-electron chi connectivity index (χ4n) is 2.14. The third kappa shape index (κ3) is 12.7. The molecule has 0 aliphatic rings. The van der Waals surface area contributed by atoms with Crippen molar-refractivity contribution in [2.75, 3.05) is 33.5 Å². The van der Waals surface area contributed by atoms with Crippen molar-refractivity contribution in [1.29, 1.82) is 0 Å². The average molecular weight is 496 g/mol. The third-order valence-corrected chi connectivity index (χ3v) is 5.97. The summed E-state index contributed by atoms with van der Waals surface area (Å²) in [7, 11) is -3.00. The van der Waals surface area contributed by atoms with Crippen LogP contribution in [0.25, 0.3) is 0 Å². The van der Waals surface area contributed by atoms with Crippen LogP contribution in [-0.2, 0) is 51.7 Å². The molecule has 0 aromatic rings. The van der Waals surface area contributed by atoms with Gasteiger partial charge < -0.3 is 18.9 Å². The van der Waals surface area contributed by atoms with Crippen molar-refractivity contribution in [2.24, 2.45) is 16.7 Å². The molecule has 0 N–H and O–H groups in total. The van der Waals surface area contributed by atoms with Crippen LogP contribution in [-0.4, -0.2) is 57.3 Å². The minimum absolute atomic E-state index is 0.0498. The summed E-state index contributed by atoms with van der Waals surface area (Å²) in [6.07, 6.45) is -0.684. The number of methoxy groups -OCH3 is 1. The predicted molar refractivity (Wildman–Crippen MR) is 117 cm³/mol. The molecule has 0 saturated heterocycles. The van der Waals surface area contributed by atoms with Crippen LogP contribution in [0, 0.1) is 16.7 Å². The SMILES string of the molecule is CCOC(=O)CCC(CP(=O)(OCOC(=O)C(C)(C)C)OCOC(=O)C(C)(C)C)C(=O)OC. The van der Waals surface area contributed by atoms with E-state index in [1.807, 2.05) is 0 Å². The van der Waals surface area contributed by atoms with E-state index in [9.17, 15) is 23.7 Å². The van der Waals surface area contributed by atoms with Gasteiger partial charge in [0.25, 0.3) is 0 Å². The van der Waals surface area contributed by atoms with E-state index in [-0.39, 0.29) is 19.4 Å². The Morgan fingerprint density at radius 1 is 0.818 bits per heavy atom. The second-order valence-electron chi connectivity index (χ2n) is 9.21. The van der Waals surface area contributed by atoms with Crippen LogP contribution in [0.4, 0.5) is 0 Å². The smallest absolute Gasteiger partial charge is 0.337 e. The van der Waals surface area contributed by atoms with Gasteiger partial charge in [-0.3, -0.25) is 32.8 Å². The Labute approximate surface area is 195 Å². The van der Waals surface area contributed by atoms with E-state index in [0.717, 1.165) is 7.11 Å². The Morgan fingerprint density at radius 3 is 1.64 bits per heavy atom. The molecule has 0 fully saturated rings. The maximum Gasteiger partial charge on any atom is 0.337 e. The first-order valence-corrected chi connectivity index (χ1v) is 12.2. The van der Waals surface area contributed by atoms with Crippen LogP contribution < -0.4 is 0 Å². The van der Waals surface area contributed by atoms with E-state index in [2.05, 4.69) is 0 Å². The molecule has 11 nitrogen and oxygen atoms in total. The second kappa shape index (κ2) is 13.7. The summed E-state index contributed by atoms with van der Waals surface area (Å²) in [6.45, 7) is 10.1. The summed E-state index contributed by atoms with van der Waals surface area (Å²) >= 11 is 0. The van der Waals surface area contributed by atoms with E-state index in [4.69, 9.17) is 28.0 Å². The lowest BCUT2D eigenvalue weighted by molar-refractivity contribution is -0.162. The quantitative estimate of drug-likeness (QED) is 0.160. The van der Waals surface area contributed by atoms with Gasteiger partial charge in [-0.05, 0) is 54.9 Å². The maximum absolute atomic E-state index is 13.3. The van der Waals surface area contributed by atoms with Crippen molar-refractivity contribution in [3.05, 3.63) is 0 Å². The van der Waals surface area contributed by atoms with Gasteiger partial charge in [0.1, 0.15) is 0 Å². The Balaban J connectivity index is 5.40. The summed E-state index contributed by atoms with van der Waals surface area (Å²) in [5.41, 5.74) is -1.66. The van der Waals surface area contributed by atoms with Crippen molar-refractivity contribution in [2.45, 2.75) is 61.3 Å². The summed E-state index contributed by atoms with van der Waals surface area (Å²) in [4.78, 5) is 47.8. The van der Waals surface area contributed by atoms with Crippen LogP contribution >= 0.6 is 7.60 Å². The van der Waals surface area contributed by atoms with Crippen molar-refractivity contribution >= 4 is 31.5 Å². The van der Waals surface area contributed by atoms with E-state index < -0.39 is 68.0 Å². The molecule has 0 aliphatic heterocycles. The van der Waals surface area contributed by atoms with Gasteiger partial charge in [0.2, 0.25) is 13.6 Å². The molecule has 0 amide bonds. The van der Waals surface area contributed by atoms with Crippen LogP contribution in [0.5, 0.6) is 0 Å². The second-order valence-corrected chi connectivity index (χ2v) is 11.3. The van der Waals surface area contributed by atoms with E-state index in [0.29, 0.717) is 0 Å². The molecule has 0 saturated carbocycles. The third-order valence-electron chi connectivity index (χ3n) is 4.08. The zero-order chi connectivity index (χ0) is 25.9. The van der Waals surface area contributed by atoms with Crippen LogP contribution in [0.1, 0.15) is 61.3 Å². The molecule has 0 spiro atoms. The highest BCUT2D eigenvalue weighted by Gasteiger charge is 2.36. The van der Waals surface area contributed by atoms with Crippen molar-refractivity contribution in [3.8, 4) is 0 Å². The van der Waals surface area contributed by atoms with E-state index >= 15 is 0 Å². The number of carbonyl (C=O) groups is 4. The molecule has 192 valence electrons. The maximum atomic E-state index is 13.3. The Morgan fingerprint density at radius 2 is 1.27 bits per heavy atom. The summed E-state index contributed by atoms with van der Waals surface area (Å²) in [5.74, 6) is -3.56. The first-order chi connectivity index (χ1) is 15.1. The van der Waals surface area contributed by atoms with Crippen molar-refractivity contribution in [1.82, 2.24) is 0 Å². The van der Waals surface area contributed by atoms with Gasteiger partial charge in [-0.25, -0.2) is 0 Å². The molecule has 0 aromatic carbocycles. The molecule has 0 heterocycles. The monoisotopic (exact) mass is 496 g/mol. The average Bonchev–Trinajstić information content (AvgIpc) is 2.69. The lowest BCUT2D eigenvalue weighted by Gasteiger charge is -2.24. The zero-order valence-electron chi connectivity index (χ0n) is 20.8. The summed E-state index contributed by atoms with van der Waals surface area (Å²) in [5, 5.41) is 0. The van der Waals surface area contributed by atoms with E-state index in [1.54, 1.807) is 48.5 Å². The topological polar surface area (TPSA) is 141 Å². The fourth-order valence-corrected chi connectivity index (χ4v) is 3.72. The molecule has 1 unspecified atom stereocenters. The molecule has 0 bridgehead atoms. The Kier molecular flexibility index (Phi) is 12.9. The zero-order valence-corrected chi connectivity index (χ0v) is 21.7. The summed E-state index contributed by atoms with van der Waals surface area (Å²) in [6, 6.07) is 0. The van der Waals surface area contributed by atoms with E-state index in [1.165, 1.54) is 0 Å². The highest BCUT2D eigenvalue weighted by atomic mass is 31.2. The highest BCUT2D eigenvalue weighted by Crippen LogP contribution is 2.50. The van der Waals surface area contributed by atoms with Crippen molar-refractivity contribution in [3.63, 3.8) is 0 Å². The number of hydrogen-bond donors (Lipinski definition) is 0. The fraction of sp³-hybridized carbons (Fsp3) is 0.810. The number of rotatable bonds is 13.